The minimum atomic E-state index is -4.40. The molecule has 3 rings (SSSR count). The number of nitrogens with one attached hydrogen (secondary N) is 4. The summed E-state index contributed by atoms with van der Waals surface area (Å²) in [6.07, 6.45) is -2.50. The third kappa shape index (κ3) is 12.4. The zero-order valence-electron chi connectivity index (χ0n) is 29.3. The summed E-state index contributed by atoms with van der Waals surface area (Å²) in [7, 11) is -8.50. The van der Waals surface area contributed by atoms with Gasteiger partial charge >= 0.3 is 18.2 Å². The second kappa shape index (κ2) is 16.3. The quantitative estimate of drug-likeness (QED) is 0.0819. The molecule has 0 saturated carbocycles. The van der Waals surface area contributed by atoms with Gasteiger partial charge in [0, 0.05) is 5.69 Å². The van der Waals surface area contributed by atoms with Gasteiger partial charge in [-0.05, 0) is 96.5 Å². The molecule has 51 heavy (non-hydrogen) atoms. The predicted octanol–water partition coefficient (Wildman–Crippen LogP) is 5.66. The van der Waals surface area contributed by atoms with E-state index in [1.807, 2.05) is 0 Å². The van der Waals surface area contributed by atoms with Crippen molar-refractivity contribution in [3.63, 3.8) is 0 Å². The standard InChI is InChI=1S/C34H43N5O10S2/c1-8-47-29(40)22-28(38-50(43,44)26-17-10-9-11-18-26)23-14-12-15-24(20-23)37-51(45,46)27-19-13-16-25(21-27)39(32(42)49-34(5,6)7)30(35)36-31(41)48-33(2,3)4/h9-21,28,37-38H,8,22H2,1-7H3,(H2,35,36,41). The second-order valence-corrected chi connectivity index (χ2v) is 16.4. The maximum atomic E-state index is 13.7. The number of guanidine groups is 1. The number of ether oxygens (including phenoxy) is 3. The summed E-state index contributed by atoms with van der Waals surface area (Å²) in [5.41, 5.74) is -1.78. The summed E-state index contributed by atoms with van der Waals surface area (Å²) >= 11 is 0. The summed E-state index contributed by atoms with van der Waals surface area (Å²) in [5, 5.41) is 10.7. The molecule has 3 aromatic carbocycles. The number of esters is 1. The second-order valence-electron chi connectivity index (χ2n) is 13.0. The van der Waals surface area contributed by atoms with Crippen LogP contribution in [0.15, 0.2) is 88.7 Å². The van der Waals surface area contributed by atoms with Crippen molar-refractivity contribution in [2.75, 3.05) is 16.2 Å². The molecule has 0 aliphatic carbocycles. The van der Waals surface area contributed by atoms with Crippen LogP contribution >= 0.6 is 0 Å². The van der Waals surface area contributed by atoms with Gasteiger partial charge < -0.3 is 14.2 Å². The highest BCUT2D eigenvalue weighted by molar-refractivity contribution is 7.92. The van der Waals surface area contributed by atoms with Gasteiger partial charge in [0.1, 0.15) is 11.2 Å². The van der Waals surface area contributed by atoms with Gasteiger partial charge in [0.2, 0.25) is 16.0 Å². The number of nitrogens with zero attached hydrogens (tertiary/aromatic N) is 1. The SMILES string of the molecule is CCOC(=O)CC(NS(=O)(=O)c1ccccc1)c1cccc(NS(=O)(=O)c2cccc(N(C(=N)NC(=O)OC(C)(C)C)C(=O)OC(C)(C)C)c2)c1. The number of rotatable bonds is 11. The maximum Gasteiger partial charge on any atom is 0.421 e. The number of alkyl carbamates (subject to hydrolysis) is 1. The van der Waals surface area contributed by atoms with Gasteiger partial charge in [-0.3, -0.25) is 20.2 Å². The van der Waals surface area contributed by atoms with Crippen molar-refractivity contribution >= 4 is 55.5 Å². The van der Waals surface area contributed by atoms with E-state index in [2.05, 4.69) is 14.8 Å². The Morgan fingerprint density at radius 2 is 1.39 bits per heavy atom. The molecular weight excluding hydrogens is 703 g/mol. The smallest absolute Gasteiger partial charge is 0.421 e. The Morgan fingerprint density at radius 1 is 0.784 bits per heavy atom. The number of anilines is 2. The van der Waals surface area contributed by atoms with E-state index in [1.165, 1.54) is 54.6 Å². The Balaban J connectivity index is 1.96. The Morgan fingerprint density at radius 3 is 2.00 bits per heavy atom. The van der Waals surface area contributed by atoms with Gasteiger partial charge in [0.15, 0.2) is 0 Å². The highest BCUT2D eigenvalue weighted by atomic mass is 32.2. The van der Waals surface area contributed by atoms with Crippen LogP contribution in [0.5, 0.6) is 0 Å². The predicted molar refractivity (Wildman–Crippen MR) is 190 cm³/mol. The molecule has 17 heteroatoms. The highest BCUT2D eigenvalue weighted by Crippen LogP contribution is 2.27. The number of benzene rings is 3. The first-order valence-corrected chi connectivity index (χ1v) is 18.6. The van der Waals surface area contributed by atoms with Crippen molar-refractivity contribution in [3.8, 4) is 0 Å². The molecule has 276 valence electrons. The molecule has 0 spiro atoms. The average Bonchev–Trinajstić information content (AvgIpc) is 2.99. The number of sulfonamides is 2. The monoisotopic (exact) mass is 745 g/mol. The van der Waals surface area contributed by atoms with Gasteiger partial charge in [-0.2, -0.15) is 0 Å². The number of amides is 2. The van der Waals surface area contributed by atoms with E-state index >= 15 is 0 Å². The molecule has 2 amide bonds. The molecule has 0 radical (unpaired) electrons. The van der Waals surface area contributed by atoms with Gasteiger partial charge in [0.05, 0.1) is 34.5 Å². The third-order valence-corrected chi connectivity index (χ3v) is 9.24. The first-order chi connectivity index (χ1) is 23.6. The summed E-state index contributed by atoms with van der Waals surface area (Å²) in [4.78, 5) is 38.5. The fourth-order valence-corrected chi connectivity index (χ4v) is 6.72. The molecule has 15 nitrogen and oxygen atoms in total. The number of hydrogen-bond donors (Lipinski definition) is 4. The lowest BCUT2D eigenvalue weighted by atomic mass is 10.0. The highest BCUT2D eigenvalue weighted by Gasteiger charge is 2.30. The van der Waals surface area contributed by atoms with Crippen molar-refractivity contribution in [2.45, 2.75) is 81.9 Å². The van der Waals surface area contributed by atoms with Crippen molar-refractivity contribution in [1.82, 2.24) is 10.0 Å². The molecule has 4 N–H and O–H groups in total. The van der Waals surface area contributed by atoms with Crippen molar-refractivity contribution in [1.29, 1.82) is 5.41 Å². The van der Waals surface area contributed by atoms with Crippen LogP contribution in [0.25, 0.3) is 0 Å². The third-order valence-electron chi connectivity index (χ3n) is 6.37. The van der Waals surface area contributed by atoms with Crippen molar-refractivity contribution < 1.29 is 45.4 Å². The lowest BCUT2D eigenvalue weighted by Crippen LogP contribution is -2.49. The van der Waals surface area contributed by atoms with Gasteiger partial charge in [-0.15, -0.1) is 0 Å². The average molecular weight is 746 g/mol. The number of hydrogen-bond acceptors (Lipinski definition) is 11. The minimum absolute atomic E-state index is 0.0222. The summed E-state index contributed by atoms with van der Waals surface area (Å²) in [6.45, 7) is 11.3. The van der Waals surface area contributed by atoms with Crippen LogP contribution in [-0.4, -0.2) is 58.8 Å². The van der Waals surface area contributed by atoms with Crippen LogP contribution in [0, 0.1) is 5.41 Å². The molecule has 0 bridgehead atoms. The molecule has 1 atom stereocenters. The molecule has 0 aromatic heterocycles. The van der Waals surface area contributed by atoms with Crippen LogP contribution in [-0.2, 0) is 39.1 Å². The van der Waals surface area contributed by atoms with Gasteiger partial charge in [-0.25, -0.2) is 36.0 Å². The van der Waals surface area contributed by atoms with Crippen molar-refractivity contribution in [2.24, 2.45) is 0 Å². The van der Waals surface area contributed by atoms with E-state index in [1.54, 1.807) is 66.7 Å². The van der Waals surface area contributed by atoms with E-state index in [-0.39, 0.29) is 39.8 Å². The molecule has 1 unspecified atom stereocenters. The topological polar surface area (TPSA) is 210 Å². The fraction of sp³-hybridized carbons (Fsp3) is 0.353. The van der Waals surface area contributed by atoms with Crippen LogP contribution < -0.4 is 19.7 Å². The van der Waals surface area contributed by atoms with Crippen LogP contribution in [0.1, 0.15) is 66.5 Å². The lowest BCUT2D eigenvalue weighted by Gasteiger charge is -2.28. The van der Waals surface area contributed by atoms with E-state index in [0.717, 1.165) is 6.07 Å². The first-order valence-electron chi connectivity index (χ1n) is 15.7. The summed E-state index contributed by atoms with van der Waals surface area (Å²) in [5.74, 6) is -1.44. The Hall–Kier alpha value is -5.00. The fourth-order valence-electron chi connectivity index (χ4n) is 4.38. The zero-order valence-corrected chi connectivity index (χ0v) is 31.0. The van der Waals surface area contributed by atoms with Gasteiger partial charge in [-0.1, -0.05) is 36.4 Å². The molecule has 0 fully saturated rings. The first kappa shape index (κ1) is 40.4. The Bertz CT molecular complexity index is 1960. The summed E-state index contributed by atoms with van der Waals surface area (Å²) < 4.78 is 74.3. The van der Waals surface area contributed by atoms with Gasteiger partial charge in [0.25, 0.3) is 10.0 Å². The molecule has 0 heterocycles. The Kier molecular flexibility index (Phi) is 13.0. The Labute approximate surface area is 298 Å². The van der Waals surface area contributed by atoms with E-state index in [4.69, 9.17) is 19.6 Å². The largest absolute Gasteiger partial charge is 0.466 e. The van der Waals surface area contributed by atoms with Crippen LogP contribution in [0.4, 0.5) is 21.0 Å². The van der Waals surface area contributed by atoms with Crippen LogP contribution in [0.2, 0.25) is 0 Å². The van der Waals surface area contributed by atoms with Crippen molar-refractivity contribution in [3.05, 3.63) is 84.4 Å². The number of carbonyl (C=O) groups excluding carboxylic acids is 3. The normalized spacial score (nSPS) is 12.6. The number of carbonyl (C=O) groups is 3. The van der Waals surface area contributed by atoms with E-state index in [9.17, 15) is 31.2 Å². The maximum absolute atomic E-state index is 13.7. The lowest BCUT2D eigenvalue weighted by molar-refractivity contribution is -0.143. The van der Waals surface area contributed by atoms with E-state index < -0.39 is 61.4 Å². The minimum Gasteiger partial charge on any atom is -0.466 e. The molecule has 0 aliphatic heterocycles. The molecular formula is C34H43N5O10S2. The molecule has 0 aliphatic rings. The molecule has 0 saturated heterocycles. The molecule has 3 aromatic rings. The van der Waals surface area contributed by atoms with E-state index in [0.29, 0.717) is 4.90 Å². The zero-order chi connectivity index (χ0) is 38.2. The van der Waals surface area contributed by atoms with Crippen LogP contribution in [0.3, 0.4) is 0 Å². The summed E-state index contributed by atoms with van der Waals surface area (Å²) in [6, 6.07) is 17.2.